The molecular formula is C15H28N2O2. The first-order valence-electron chi connectivity index (χ1n) is 7.63. The maximum atomic E-state index is 12.2. The van der Waals surface area contributed by atoms with Crippen molar-refractivity contribution >= 4 is 5.97 Å². The summed E-state index contributed by atoms with van der Waals surface area (Å²) in [6.07, 6.45) is 6.57. The molecule has 0 aromatic heterocycles. The van der Waals surface area contributed by atoms with E-state index in [-0.39, 0.29) is 12.0 Å². The zero-order chi connectivity index (χ0) is 14.0. The smallest absolute Gasteiger partial charge is 0.323 e. The van der Waals surface area contributed by atoms with Gasteiger partial charge in [0.2, 0.25) is 0 Å². The number of rotatable bonds is 4. The van der Waals surface area contributed by atoms with Crippen molar-refractivity contribution in [2.45, 2.75) is 76.5 Å². The molecule has 0 spiro atoms. The topological polar surface area (TPSA) is 55.6 Å². The van der Waals surface area contributed by atoms with Crippen LogP contribution in [-0.4, -0.2) is 42.1 Å². The Labute approximate surface area is 116 Å². The summed E-state index contributed by atoms with van der Waals surface area (Å²) in [5.74, 6) is 0.432. The standard InChI is InChI=1S/C15H28N2O2/c1-10(2)7-14(15(18)19-3)17-12-5-4-6-13(17)9-11(16)8-12/h10-14H,4-9,16H2,1-3H3. The van der Waals surface area contributed by atoms with Gasteiger partial charge in [-0.05, 0) is 38.0 Å². The highest BCUT2D eigenvalue weighted by molar-refractivity contribution is 5.75. The van der Waals surface area contributed by atoms with Crippen LogP contribution in [0.2, 0.25) is 0 Å². The van der Waals surface area contributed by atoms with Crippen LogP contribution in [0.3, 0.4) is 0 Å². The Kier molecular flexibility index (Phi) is 4.85. The summed E-state index contributed by atoms with van der Waals surface area (Å²) in [7, 11) is 1.50. The number of piperidine rings is 2. The summed E-state index contributed by atoms with van der Waals surface area (Å²) in [6, 6.07) is 1.19. The summed E-state index contributed by atoms with van der Waals surface area (Å²) in [5, 5.41) is 0. The fraction of sp³-hybridized carbons (Fsp3) is 0.933. The number of hydrogen-bond acceptors (Lipinski definition) is 4. The van der Waals surface area contributed by atoms with Crippen molar-refractivity contribution in [3.63, 3.8) is 0 Å². The SMILES string of the molecule is COC(=O)C(CC(C)C)N1C2CCCC1CC(N)C2. The van der Waals surface area contributed by atoms with Gasteiger partial charge in [-0.25, -0.2) is 0 Å². The van der Waals surface area contributed by atoms with Crippen molar-refractivity contribution < 1.29 is 9.53 Å². The van der Waals surface area contributed by atoms with E-state index in [1.165, 1.54) is 26.4 Å². The van der Waals surface area contributed by atoms with Gasteiger partial charge in [0.1, 0.15) is 6.04 Å². The van der Waals surface area contributed by atoms with E-state index >= 15 is 0 Å². The van der Waals surface area contributed by atoms with Gasteiger partial charge >= 0.3 is 5.97 Å². The van der Waals surface area contributed by atoms with Gasteiger partial charge in [-0.1, -0.05) is 20.3 Å². The highest BCUT2D eigenvalue weighted by atomic mass is 16.5. The lowest BCUT2D eigenvalue weighted by molar-refractivity contribution is -0.153. The monoisotopic (exact) mass is 268 g/mol. The minimum absolute atomic E-state index is 0.0685. The number of carbonyl (C=O) groups is 1. The quantitative estimate of drug-likeness (QED) is 0.791. The third kappa shape index (κ3) is 3.29. The molecule has 0 amide bonds. The van der Waals surface area contributed by atoms with Gasteiger partial charge in [0, 0.05) is 18.1 Å². The number of fused-ring (bicyclic) bond motifs is 2. The highest BCUT2D eigenvalue weighted by Crippen LogP contribution is 2.36. The van der Waals surface area contributed by atoms with Crippen LogP contribution in [0.4, 0.5) is 0 Å². The average Bonchev–Trinajstić information content (AvgIpc) is 2.34. The Balaban J connectivity index is 2.17. The van der Waals surface area contributed by atoms with Crippen LogP contribution < -0.4 is 5.73 Å². The van der Waals surface area contributed by atoms with Gasteiger partial charge in [-0.2, -0.15) is 0 Å². The van der Waals surface area contributed by atoms with Gasteiger partial charge in [-0.3, -0.25) is 9.69 Å². The molecule has 2 heterocycles. The minimum Gasteiger partial charge on any atom is -0.468 e. The second-order valence-electron chi connectivity index (χ2n) is 6.59. The number of hydrogen-bond donors (Lipinski definition) is 1. The predicted octanol–water partition coefficient (Wildman–Crippen LogP) is 1.92. The van der Waals surface area contributed by atoms with E-state index in [0.29, 0.717) is 24.0 Å². The summed E-state index contributed by atoms with van der Waals surface area (Å²) >= 11 is 0. The molecule has 0 aromatic rings. The molecule has 3 unspecified atom stereocenters. The van der Waals surface area contributed by atoms with Crippen LogP contribution in [-0.2, 0) is 9.53 Å². The predicted molar refractivity (Wildman–Crippen MR) is 75.7 cm³/mol. The Hall–Kier alpha value is -0.610. The summed E-state index contributed by atoms with van der Waals surface area (Å²) < 4.78 is 5.05. The summed E-state index contributed by atoms with van der Waals surface area (Å²) in [6.45, 7) is 4.34. The van der Waals surface area contributed by atoms with Crippen LogP contribution in [0.25, 0.3) is 0 Å². The number of methoxy groups -OCH3 is 1. The van der Waals surface area contributed by atoms with Gasteiger partial charge in [0.15, 0.2) is 0 Å². The zero-order valence-corrected chi connectivity index (χ0v) is 12.5. The van der Waals surface area contributed by atoms with Crippen molar-refractivity contribution in [2.24, 2.45) is 11.7 Å². The number of carbonyl (C=O) groups excluding carboxylic acids is 1. The van der Waals surface area contributed by atoms with Crippen molar-refractivity contribution in [1.82, 2.24) is 4.90 Å². The Morgan fingerprint density at radius 1 is 1.32 bits per heavy atom. The normalized spacial score (nSPS) is 33.2. The summed E-state index contributed by atoms with van der Waals surface area (Å²) in [5.41, 5.74) is 6.15. The van der Waals surface area contributed by atoms with Crippen LogP contribution in [0.15, 0.2) is 0 Å². The molecule has 4 heteroatoms. The molecule has 0 aromatic carbocycles. The lowest BCUT2D eigenvalue weighted by atomic mass is 9.80. The first-order valence-corrected chi connectivity index (χ1v) is 7.63. The zero-order valence-electron chi connectivity index (χ0n) is 12.5. The largest absolute Gasteiger partial charge is 0.468 e. The number of nitrogens with zero attached hydrogens (tertiary/aromatic N) is 1. The van der Waals surface area contributed by atoms with Crippen molar-refractivity contribution in [3.05, 3.63) is 0 Å². The molecule has 4 nitrogen and oxygen atoms in total. The maximum absolute atomic E-state index is 12.2. The van der Waals surface area contributed by atoms with Crippen LogP contribution in [0.5, 0.6) is 0 Å². The summed E-state index contributed by atoms with van der Waals surface area (Å²) in [4.78, 5) is 14.6. The molecule has 2 rings (SSSR count). The molecule has 2 bridgehead atoms. The van der Waals surface area contributed by atoms with E-state index in [1.54, 1.807) is 0 Å². The van der Waals surface area contributed by atoms with E-state index in [0.717, 1.165) is 19.3 Å². The lowest BCUT2D eigenvalue weighted by Gasteiger charge is -2.51. The van der Waals surface area contributed by atoms with Crippen molar-refractivity contribution in [3.8, 4) is 0 Å². The number of esters is 1. The van der Waals surface area contributed by atoms with Crippen molar-refractivity contribution in [2.75, 3.05) is 7.11 Å². The number of ether oxygens (including phenoxy) is 1. The Bertz CT molecular complexity index is 305. The van der Waals surface area contributed by atoms with Crippen LogP contribution >= 0.6 is 0 Å². The molecule has 3 atom stereocenters. The number of nitrogens with two attached hydrogens (primary N) is 1. The van der Waals surface area contributed by atoms with E-state index in [4.69, 9.17) is 10.5 Å². The lowest BCUT2D eigenvalue weighted by Crippen LogP contribution is -2.61. The van der Waals surface area contributed by atoms with E-state index < -0.39 is 0 Å². The molecule has 2 N–H and O–H groups in total. The van der Waals surface area contributed by atoms with Gasteiger partial charge in [-0.15, -0.1) is 0 Å². The third-order valence-corrected chi connectivity index (χ3v) is 4.60. The Morgan fingerprint density at radius 2 is 1.89 bits per heavy atom. The fourth-order valence-electron chi connectivity index (χ4n) is 3.89. The third-order valence-electron chi connectivity index (χ3n) is 4.60. The van der Waals surface area contributed by atoms with E-state index in [1.807, 2.05) is 0 Å². The second kappa shape index (κ2) is 6.23. The van der Waals surface area contributed by atoms with Gasteiger partial charge in [0.25, 0.3) is 0 Å². The van der Waals surface area contributed by atoms with Gasteiger partial charge in [0.05, 0.1) is 7.11 Å². The maximum Gasteiger partial charge on any atom is 0.323 e. The van der Waals surface area contributed by atoms with E-state index in [2.05, 4.69) is 18.7 Å². The van der Waals surface area contributed by atoms with E-state index in [9.17, 15) is 4.79 Å². The fourth-order valence-corrected chi connectivity index (χ4v) is 3.89. The van der Waals surface area contributed by atoms with Crippen molar-refractivity contribution in [1.29, 1.82) is 0 Å². The second-order valence-corrected chi connectivity index (χ2v) is 6.59. The molecule has 110 valence electrons. The molecule has 2 fully saturated rings. The molecule has 2 saturated heterocycles. The van der Waals surface area contributed by atoms with Gasteiger partial charge < -0.3 is 10.5 Å². The first-order chi connectivity index (χ1) is 9.02. The molecule has 19 heavy (non-hydrogen) atoms. The molecule has 0 saturated carbocycles. The molecular weight excluding hydrogens is 240 g/mol. The molecule has 0 radical (unpaired) electrons. The molecule has 2 aliphatic rings. The van der Waals surface area contributed by atoms with Crippen LogP contribution in [0, 0.1) is 5.92 Å². The van der Waals surface area contributed by atoms with Crippen LogP contribution in [0.1, 0.15) is 52.4 Å². The molecule has 2 aliphatic heterocycles. The molecule has 0 aliphatic carbocycles. The highest BCUT2D eigenvalue weighted by Gasteiger charge is 2.43. The Morgan fingerprint density at radius 3 is 2.37 bits per heavy atom. The minimum atomic E-state index is -0.0761. The first kappa shape index (κ1) is 14.8. The average molecular weight is 268 g/mol.